The van der Waals surface area contributed by atoms with Crippen LogP contribution in [0.3, 0.4) is 0 Å². The fourth-order valence-electron chi connectivity index (χ4n) is 1.53. The number of hydrogen-bond acceptors (Lipinski definition) is 3. The summed E-state index contributed by atoms with van der Waals surface area (Å²) in [4.78, 5) is 15.9. The summed E-state index contributed by atoms with van der Waals surface area (Å²) in [5, 5.41) is 11.9. The molecule has 4 nitrogen and oxygen atoms in total. The number of nitrogens with zero attached hydrogens (tertiary/aromatic N) is 2. The summed E-state index contributed by atoms with van der Waals surface area (Å²) in [6, 6.07) is 10.3. The number of carbonyl (C=O) groups excluding carboxylic acids is 1. The van der Waals surface area contributed by atoms with Gasteiger partial charge >= 0.3 is 0 Å². The predicted octanol–water partition coefficient (Wildman–Crippen LogP) is 3.17. The number of nitriles is 1. The van der Waals surface area contributed by atoms with Gasteiger partial charge in [-0.15, -0.1) is 0 Å². The van der Waals surface area contributed by atoms with Crippen molar-refractivity contribution < 1.29 is 4.79 Å². The van der Waals surface area contributed by atoms with Crippen molar-refractivity contribution >= 4 is 23.2 Å². The lowest BCUT2D eigenvalue weighted by Gasteiger charge is -2.08. The molecule has 1 heterocycles. The standard InChI is InChI=1S/C14H10ClN3O/c1-9-2-3-10(7-16)6-12(9)18-14(19)11-4-5-13(15)17-8-11/h2-6,8H,1H3,(H,18,19). The molecule has 1 N–H and O–H groups in total. The van der Waals surface area contributed by atoms with Gasteiger partial charge in [0.2, 0.25) is 0 Å². The maximum atomic E-state index is 12.0. The van der Waals surface area contributed by atoms with Crippen molar-refractivity contribution in [2.45, 2.75) is 6.92 Å². The number of aromatic nitrogens is 1. The minimum absolute atomic E-state index is 0.289. The SMILES string of the molecule is Cc1ccc(C#N)cc1NC(=O)c1ccc(Cl)nc1. The average Bonchev–Trinajstić information content (AvgIpc) is 2.42. The predicted molar refractivity (Wildman–Crippen MR) is 73.1 cm³/mol. The molecule has 0 atom stereocenters. The number of carbonyl (C=O) groups is 1. The Bertz CT molecular complexity index is 659. The molecule has 2 aromatic rings. The molecule has 1 aromatic heterocycles. The van der Waals surface area contributed by atoms with Crippen LogP contribution in [0.15, 0.2) is 36.5 Å². The second-order valence-electron chi connectivity index (χ2n) is 3.97. The summed E-state index contributed by atoms with van der Waals surface area (Å²) in [5.74, 6) is -0.289. The van der Waals surface area contributed by atoms with Crippen LogP contribution in [0.1, 0.15) is 21.5 Å². The van der Waals surface area contributed by atoms with Crippen molar-refractivity contribution in [1.29, 1.82) is 5.26 Å². The monoisotopic (exact) mass is 271 g/mol. The highest BCUT2D eigenvalue weighted by atomic mass is 35.5. The van der Waals surface area contributed by atoms with Crippen LogP contribution in [-0.2, 0) is 0 Å². The smallest absolute Gasteiger partial charge is 0.257 e. The van der Waals surface area contributed by atoms with Gasteiger partial charge in [0.05, 0.1) is 17.2 Å². The maximum Gasteiger partial charge on any atom is 0.257 e. The third-order valence-electron chi connectivity index (χ3n) is 2.60. The Morgan fingerprint density at radius 1 is 1.37 bits per heavy atom. The number of aryl methyl sites for hydroxylation is 1. The molecule has 2 rings (SSSR count). The van der Waals surface area contributed by atoms with Gasteiger partial charge in [-0.05, 0) is 36.8 Å². The Kier molecular flexibility index (Phi) is 3.79. The van der Waals surface area contributed by atoms with E-state index < -0.39 is 0 Å². The fraction of sp³-hybridized carbons (Fsp3) is 0.0714. The highest BCUT2D eigenvalue weighted by molar-refractivity contribution is 6.29. The van der Waals surface area contributed by atoms with Crippen molar-refractivity contribution in [3.63, 3.8) is 0 Å². The van der Waals surface area contributed by atoms with Gasteiger partial charge < -0.3 is 5.32 Å². The first-order valence-corrected chi connectivity index (χ1v) is 5.91. The van der Waals surface area contributed by atoms with Crippen molar-refractivity contribution in [1.82, 2.24) is 4.98 Å². The molecule has 1 amide bonds. The minimum Gasteiger partial charge on any atom is -0.322 e. The second kappa shape index (κ2) is 5.51. The topological polar surface area (TPSA) is 65.8 Å². The molecular formula is C14H10ClN3O. The molecule has 0 spiro atoms. The van der Waals surface area contributed by atoms with E-state index in [0.29, 0.717) is 22.0 Å². The Labute approximate surface area is 115 Å². The third kappa shape index (κ3) is 3.09. The van der Waals surface area contributed by atoms with E-state index in [1.807, 2.05) is 13.0 Å². The van der Waals surface area contributed by atoms with Crippen molar-refractivity contribution in [3.8, 4) is 6.07 Å². The Hall–Kier alpha value is -2.38. The van der Waals surface area contributed by atoms with Crippen LogP contribution in [0.2, 0.25) is 5.15 Å². The molecule has 0 radical (unpaired) electrons. The molecule has 0 aliphatic carbocycles. The van der Waals surface area contributed by atoms with E-state index >= 15 is 0 Å². The van der Waals surface area contributed by atoms with E-state index in [-0.39, 0.29) is 5.91 Å². The molecule has 0 saturated carbocycles. The van der Waals surface area contributed by atoms with Gasteiger partial charge in [-0.25, -0.2) is 4.98 Å². The summed E-state index contributed by atoms with van der Waals surface area (Å²) < 4.78 is 0. The first-order valence-electron chi connectivity index (χ1n) is 5.54. The van der Waals surface area contributed by atoms with Crippen LogP contribution in [0.25, 0.3) is 0 Å². The summed E-state index contributed by atoms with van der Waals surface area (Å²) in [7, 11) is 0. The summed E-state index contributed by atoms with van der Waals surface area (Å²) >= 11 is 5.66. The van der Waals surface area contributed by atoms with Gasteiger partial charge in [-0.1, -0.05) is 17.7 Å². The number of rotatable bonds is 2. The molecule has 19 heavy (non-hydrogen) atoms. The van der Waals surface area contributed by atoms with E-state index in [0.717, 1.165) is 5.56 Å². The van der Waals surface area contributed by atoms with Crippen LogP contribution in [0.4, 0.5) is 5.69 Å². The molecule has 1 aromatic carbocycles. The number of halogens is 1. The second-order valence-corrected chi connectivity index (χ2v) is 4.35. The van der Waals surface area contributed by atoms with Crippen molar-refractivity contribution in [3.05, 3.63) is 58.4 Å². The average molecular weight is 272 g/mol. The van der Waals surface area contributed by atoms with Crippen LogP contribution in [0, 0.1) is 18.3 Å². The van der Waals surface area contributed by atoms with Crippen molar-refractivity contribution in [2.75, 3.05) is 5.32 Å². The first-order chi connectivity index (χ1) is 9.10. The van der Waals surface area contributed by atoms with Crippen LogP contribution < -0.4 is 5.32 Å². The minimum atomic E-state index is -0.289. The van der Waals surface area contributed by atoms with E-state index in [9.17, 15) is 4.79 Å². The molecule has 0 fully saturated rings. The first kappa shape index (κ1) is 13.1. The molecule has 0 aliphatic rings. The van der Waals surface area contributed by atoms with Gasteiger partial charge in [0.1, 0.15) is 5.15 Å². The molecule has 94 valence electrons. The normalized spacial score (nSPS) is 9.74. The number of amides is 1. The largest absolute Gasteiger partial charge is 0.322 e. The third-order valence-corrected chi connectivity index (χ3v) is 2.83. The van der Waals surface area contributed by atoms with E-state index in [2.05, 4.69) is 10.3 Å². The zero-order valence-electron chi connectivity index (χ0n) is 10.1. The van der Waals surface area contributed by atoms with Crippen LogP contribution in [-0.4, -0.2) is 10.9 Å². The zero-order valence-corrected chi connectivity index (χ0v) is 10.9. The zero-order chi connectivity index (χ0) is 13.8. The van der Waals surface area contributed by atoms with Crippen LogP contribution >= 0.6 is 11.6 Å². The Balaban J connectivity index is 2.24. The fourth-order valence-corrected chi connectivity index (χ4v) is 1.64. The van der Waals surface area contributed by atoms with Gasteiger partial charge in [0, 0.05) is 11.9 Å². The van der Waals surface area contributed by atoms with E-state index in [1.165, 1.54) is 6.20 Å². The van der Waals surface area contributed by atoms with Gasteiger partial charge in [0.15, 0.2) is 0 Å². The lowest BCUT2D eigenvalue weighted by molar-refractivity contribution is 0.102. The number of anilines is 1. The number of hydrogen-bond donors (Lipinski definition) is 1. The van der Waals surface area contributed by atoms with E-state index in [4.69, 9.17) is 16.9 Å². The van der Waals surface area contributed by atoms with Gasteiger partial charge in [-0.3, -0.25) is 4.79 Å². The lowest BCUT2D eigenvalue weighted by atomic mass is 10.1. The van der Waals surface area contributed by atoms with Crippen molar-refractivity contribution in [2.24, 2.45) is 0 Å². The van der Waals surface area contributed by atoms with Crippen LogP contribution in [0.5, 0.6) is 0 Å². The van der Waals surface area contributed by atoms with Gasteiger partial charge in [-0.2, -0.15) is 5.26 Å². The molecule has 0 unspecified atom stereocenters. The quantitative estimate of drug-likeness (QED) is 0.853. The Morgan fingerprint density at radius 2 is 2.16 bits per heavy atom. The maximum absolute atomic E-state index is 12.0. The highest BCUT2D eigenvalue weighted by Gasteiger charge is 2.08. The highest BCUT2D eigenvalue weighted by Crippen LogP contribution is 2.17. The van der Waals surface area contributed by atoms with E-state index in [1.54, 1.807) is 30.3 Å². The Morgan fingerprint density at radius 3 is 2.79 bits per heavy atom. The summed E-state index contributed by atoms with van der Waals surface area (Å²) in [5.41, 5.74) is 2.40. The number of nitrogens with one attached hydrogen (secondary N) is 1. The molecule has 5 heteroatoms. The summed E-state index contributed by atoms with van der Waals surface area (Å²) in [6.45, 7) is 1.86. The molecule has 0 aliphatic heterocycles. The number of benzene rings is 1. The van der Waals surface area contributed by atoms with Gasteiger partial charge in [0.25, 0.3) is 5.91 Å². The number of pyridine rings is 1. The summed E-state index contributed by atoms with van der Waals surface area (Å²) in [6.07, 6.45) is 1.40. The molecule has 0 bridgehead atoms. The molecular weight excluding hydrogens is 262 g/mol. The molecule has 0 saturated heterocycles. The lowest BCUT2D eigenvalue weighted by Crippen LogP contribution is -2.13.